The highest BCUT2D eigenvalue weighted by molar-refractivity contribution is 9.10. The van der Waals surface area contributed by atoms with Crippen molar-refractivity contribution in [2.75, 3.05) is 0 Å². The smallest absolute Gasteiger partial charge is 0.134 e. The van der Waals surface area contributed by atoms with Crippen LogP contribution in [0.25, 0.3) is 10.8 Å². The summed E-state index contributed by atoms with van der Waals surface area (Å²) in [5.74, 6) is -0.576. The zero-order chi connectivity index (χ0) is 14.8. The molecule has 0 unspecified atom stereocenters. The van der Waals surface area contributed by atoms with Gasteiger partial charge in [0.05, 0.1) is 4.47 Å². The third kappa shape index (κ3) is 2.90. The fourth-order valence-corrected chi connectivity index (χ4v) is 2.73. The second-order valence-corrected chi connectivity index (χ2v) is 5.42. The van der Waals surface area contributed by atoms with Gasteiger partial charge in [0.2, 0.25) is 0 Å². The van der Waals surface area contributed by atoms with E-state index in [1.54, 1.807) is 0 Å². The van der Waals surface area contributed by atoms with E-state index >= 15 is 0 Å². The molecule has 0 radical (unpaired) electrons. The van der Waals surface area contributed by atoms with Crippen LogP contribution in [0.1, 0.15) is 5.56 Å². The number of rotatable bonds is 3. The van der Waals surface area contributed by atoms with Crippen LogP contribution in [0.2, 0.25) is 0 Å². The Morgan fingerprint density at radius 2 is 1.76 bits per heavy atom. The van der Waals surface area contributed by atoms with Crippen LogP contribution in [0.3, 0.4) is 0 Å². The second kappa shape index (κ2) is 5.82. The Kier molecular flexibility index (Phi) is 3.88. The molecule has 0 heterocycles. The van der Waals surface area contributed by atoms with Crippen molar-refractivity contribution in [2.24, 2.45) is 0 Å². The van der Waals surface area contributed by atoms with Crippen molar-refractivity contribution in [3.8, 4) is 5.75 Å². The molecular formula is C17H11BrF2O. The van der Waals surface area contributed by atoms with E-state index in [9.17, 15) is 8.78 Å². The van der Waals surface area contributed by atoms with E-state index < -0.39 is 11.6 Å². The molecule has 3 aromatic carbocycles. The predicted molar refractivity (Wildman–Crippen MR) is 82.3 cm³/mol. The highest BCUT2D eigenvalue weighted by Crippen LogP contribution is 2.33. The minimum atomic E-state index is -0.605. The molecule has 1 nitrogen and oxygen atoms in total. The Hall–Kier alpha value is -1.94. The molecule has 3 aromatic rings. The summed E-state index contributed by atoms with van der Waals surface area (Å²) in [4.78, 5) is 0. The molecule has 0 saturated carbocycles. The fraction of sp³-hybridized carbons (Fsp3) is 0.0588. The molecular weight excluding hydrogens is 338 g/mol. The summed E-state index contributed by atoms with van der Waals surface area (Å²) in [5.41, 5.74) is 0.316. The first kappa shape index (κ1) is 14.0. The zero-order valence-electron chi connectivity index (χ0n) is 10.9. The molecule has 0 amide bonds. The summed E-state index contributed by atoms with van der Waals surface area (Å²) >= 11 is 3.51. The van der Waals surface area contributed by atoms with Crippen molar-refractivity contribution in [1.82, 2.24) is 0 Å². The van der Waals surface area contributed by atoms with E-state index in [0.29, 0.717) is 11.3 Å². The first-order chi connectivity index (χ1) is 10.1. The van der Waals surface area contributed by atoms with Gasteiger partial charge in [-0.1, -0.05) is 30.3 Å². The van der Waals surface area contributed by atoms with Crippen LogP contribution in [0.15, 0.2) is 59.1 Å². The van der Waals surface area contributed by atoms with Crippen molar-refractivity contribution in [1.29, 1.82) is 0 Å². The van der Waals surface area contributed by atoms with Gasteiger partial charge in [0.1, 0.15) is 24.0 Å². The maximum absolute atomic E-state index is 13.6. The fourth-order valence-electron chi connectivity index (χ4n) is 2.12. The quantitative estimate of drug-likeness (QED) is 0.610. The van der Waals surface area contributed by atoms with Gasteiger partial charge in [-0.25, -0.2) is 8.78 Å². The van der Waals surface area contributed by atoms with Crippen molar-refractivity contribution in [2.45, 2.75) is 6.61 Å². The van der Waals surface area contributed by atoms with Crippen LogP contribution in [0, 0.1) is 11.6 Å². The largest absolute Gasteiger partial charge is 0.488 e. The van der Waals surface area contributed by atoms with Gasteiger partial charge in [0, 0.05) is 11.6 Å². The Bertz CT molecular complexity index is 802. The average Bonchev–Trinajstić information content (AvgIpc) is 2.48. The number of hydrogen-bond acceptors (Lipinski definition) is 1. The van der Waals surface area contributed by atoms with Crippen LogP contribution < -0.4 is 4.74 Å². The first-order valence-corrected chi connectivity index (χ1v) is 7.18. The van der Waals surface area contributed by atoms with Crippen LogP contribution >= 0.6 is 15.9 Å². The third-order valence-electron chi connectivity index (χ3n) is 3.23. The lowest BCUT2D eigenvalue weighted by Crippen LogP contribution is -1.99. The Balaban J connectivity index is 1.87. The maximum atomic E-state index is 13.6. The monoisotopic (exact) mass is 348 g/mol. The lowest BCUT2D eigenvalue weighted by Gasteiger charge is -2.11. The van der Waals surface area contributed by atoms with Gasteiger partial charge in [-0.2, -0.15) is 0 Å². The molecule has 3 rings (SSSR count). The van der Waals surface area contributed by atoms with Crippen LogP contribution in [0.4, 0.5) is 8.78 Å². The molecule has 0 saturated heterocycles. The lowest BCUT2D eigenvalue weighted by molar-refractivity contribution is 0.298. The van der Waals surface area contributed by atoms with E-state index in [1.807, 2.05) is 36.4 Å². The van der Waals surface area contributed by atoms with Crippen molar-refractivity contribution in [3.05, 3.63) is 76.3 Å². The van der Waals surface area contributed by atoms with Crippen molar-refractivity contribution in [3.63, 3.8) is 0 Å². The zero-order valence-corrected chi connectivity index (χ0v) is 12.5. The summed E-state index contributed by atoms with van der Waals surface area (Å²) in [5, 5.41) is 2.11. The summed E-state index contributed by atoms with van der Waals surface area (Å²) in [6, 6.07) is 15.1. The standard InChI is InChI=1S/C17H11BrF2O/c18-17-14-4-2-1-3-11(14)6-8-16(17)21-10-12-5-7-13(19)9-15(12)20/h1-9H,10H2. The van der Waals surface area contributed by atoms with Gasteiger partial charge in [0.25, 0.3) is 0 Å². The van der Waals surface area contributed by atoms with Crippen molar-refractivity contribution >= 4 is 26.7 Å². The molecule has 4 heteroatoms. The molecule has 0 bridgehead atoms. The number of ether oxygens (including phenoxy) is 1. The lowest BCUT2D eigenvalue weighted by atomic mass is 10.1. The molecule has 21 heavy (non-hydrogen) atoms. The second-order valence-electron chi connectivity index (χ2n) is 4.62. The molecule has 0 spiro atoms. The molecule has 0 aliphatic rings. The molecule has 0 aromatic heterocycles. The minimum absolute atomic E-state index is 0.0447. The molecule has 106 valence electrons. The van der Waals surface area contributed by atoms with Crippen LogP contribution in [0.5, 0.6) is 5.75 Å². The van der Waals surface area contributed by atoms with Gasteiger partial charge < -0.3 is 4.74 Å². The van der Waals surface area contributed by atoms with Crippen molar-refractivity contribution < 1.29 is 13.5 Å². The van der Waals surface area contributed by atoms with E-state index in [0.717, 1.165) is 21.3 Å². The van der Waals surface area contributed by atoms with Gasteiger partial charge in [-0.15, -0.1) is 0 Å². The van der Waals surface area contributed by atoms with E-state index in [4.69, 9.17) is 4.74 Å². The van der Waals surface area contributed by atoms with Gasteiger partial charge >= 0.3 is 0 Å². The normalized spacial score (nSPS) is 10.8. The van der Waals surface area contributed by atoms with Crippen LogP contribution in [-0.2, 0) is 6.61 Å². The molecule has 0 fully saturated rings. The number of hydrogen-bond donors (Lipinski definition) is 0. The summed E-state index contributed by atoms with van der Waals surface area (Å²) in [6.07, 6.45) is 0. The summed E-state index contributed by atoms with van der Waals surface area (Å²) in [6.45, 7) is 0.0447. The molecule has 0 N–H and O–H groups in total. The van der Waals surface area contributed by atoms with Gasteiger partial charge in [-0.05, 0) is 44.9 Å². The SMILES string of the molecule is Fc1ccc(COc2ccc3ccccc3c2Br)c(F)c1. The Labute approximate surface area is 129 Å². The number of benzene rings is 3. The van der Waals surface area contributed by atoms with E-state index in [2.05, 4.69) is 15.9 Å². The number of fused-ring (bicyclic) bond motifs is 1. The molecule has 0 atom stereocenters. The summed E-state index contributed by atoms with van der Waals surface area (Å²) in [7, 11) is 0. The van der Waals surface area contributed by atoms with E-state index in [-0.39, 0.29) is 6.61 Å². The van der Waals surface area contributed by atoms with Gasteiger partial charge in [-0.3, -0.25) is 0 Å². The molecule has 0 aliphatic heterocycles. The molecule has 0 aliphatic carbocycles. The first-order valence-electron chi connectivity index (χ1n) is 6.39. The van der Waals surface area contributed by atoms with Crippen LogP contribution in [-0.4, -0.2) is 0 Å². The Morgan fingerprint density at radius 3 is 2.57 bits per heavy atom. The highest BCUT2D eigenvalue weighted by Gasteiger charge is 2.08. The predicted octanol–water partition coefficient (Wildman–Crippen LogP) is 5.46. The number of halogens is 3. The Morgan fingerprint density at radius 1 is 0.952 bits per heavy atom. The maximum Gasteiger partial charge on any atom is 0.134 e. The highest BCUT2D eigenvalue weighted by atomic mass is 79.9. The third-order valence-corrected chi connectivity index (χ3v) is 4.04. The summed E-state index contributed by atoms with van der Waals surface area (Å²) < 4.78 is 32.9. The van der Waals surface area contributed by atoms with Gasteiger partial charge in [0.15, 0.2) is 0 Å². The average molecular weight is 349 g/mol. The minimum Gasteiger partial charge on any atom is -0.488 e. The topological polar surface area (TPSA) is 9.23 Å². The van der Waals surface area contributed by atoms with E-state index in [1.165, 1.54) is 12.1 Å².